The maximum Gasteiger partial charge on any atom is 0.436 e. The van der Waals surface area contributed by atoms with Crippen molar-refractivity contribution < 1.29 is 19.1 Å². The number of aromatic nitrogens is 2. The first kappa shape index (κ1) is 10.0. The van der Waals surface area contributed by atoms with Gasteiger partial charge in [0.1, 0.15) is 11.4 Å². The molecule has 0 atom stereocenters. The number of esters is 1. The Labute approximate surface area is 79.4 Å². The SMILES string of the molecule is COC(=O)c1cnn(C(=O)OC)c1N. The molecule has 1 rings (SSSR count). The molecule has 0 amide bonds. The Kier molecular flexibility index (Phi) is 2.70. The molecule has 0 fully saturated rings. The number of nitrogens with two attached hydrogens (primary N) is 1. The minimum atomic E-state index is -0.766. The summed E-state index contributed by atoms with van der Waals surface area (Å²) in [7, 11) is 2.39. The highest BCUT2D eigenvalue weighted by molar-refractivity contribution is 5.95. The Balaban J connectivity index is 3.08. The van der Waals surface area contributed by atoms with Gasteiger partial charge in [-0.1, -0.05) is 0 Å². The molecular formula is C7H9N3O4. The molecule has 0 bridgehead atoms. The molecule has 0 radical (unpaired) electrons. The fourth-order valence-corrected chi connectivity index (χ4v) is 0.857. The fourth-order valence-electron chi connectivity index (χ4n) is 0.857. The Morgan fingerprint density at radius 1 is 1.43 bits per heavy atom. The minimum absolute atomic E-state index is 0.0258. The maximum atomic E-state index is 11.1. The highest BCUT2D eigenvalue weighted by Crippen LogP contribution is 2.11. The van der Waals surface area contributed by atoms with Crippen LogP contribution in [0, 0.1) is 0 Å². The van der Waals surface area contributed by atoms with Crippen molar-refractivity contribution in [2.24, 2.45) is 0 Å². The van der Waals surface area contributed by atoms with E-state index in [2.05, 4.69) is 14.6 Å². The van der Waals surface area contributed by atoms with Gasteiger partial charge in [-0.05, 0) is 0 Å². The molecule has 0 aliphatic heterocycles. The highest BCUT2D eigenvalue weighted by Gasteiger charge is 2.19. The van der Waals surface area contributed by atoms with E-state index < -0.39 is 12.1 Å². The van der Waals surface area contributed by atoms with Gasteiger partial charge in [-0.2, -0.15) is 5.10 Å². The van der Waals surface area contributed by atoms with Crippen LogP contribution in [0.4, 0.5) is 10.6 Å². The molecule has 1 aromatic heterocycles. The topological polar surface area (TPSA) is 96.4 Å². The van der Waals surface area contributed by atoms with Gasteiger partial charge in [0.05, 0.1) is 20.4 Å². The lowest BCUT2D eigenvalue weighted by molar-refractivity contribution is 0.0602. The first-order valence-electron chi connectivity index (χ1n) is 3.62. The van der Waals surface area contributed by atoms with Crippen LogP contribution >= 0.6 is 0 Å². The Morgan fingerprint density at radius 3 is 2.57 bits per heavy atom. The summed E-state index contributed by atoms with van der Waals surface area (Å²) in [5.74, 6) is -0.763. The zero-order valence-electron chi connectivity index (χ0n) is 7.68. The van der Waals surface area contributed by atoms with Crippen LogP contribution in [0.15, 0.2) is 6.20 Å². The van der Waals surface area contributed by atoms with E-state index in [9.17, 15) is 9.59 Å². The number of carbonyl (C=O) groups excluding carboxylic acids is 2. The van der Waals surface area contributed by atoms with Crippen molar-refractivity contribution in [2.45, 2.75) is 0 Å². The van der Waals surface area contributed by atoms with Gasteiger partial charge in [0.15, 0.2) is 0 Å². The van der Waals surface area contributed by atoms with E-state index >= 15 is 0 Å². The standard InChI is InChI=1S/C7H9N3O4/c1-13-6(11)4-3-9-10(5(4)8)7(12)14-2/h3H,8H2,1-2H3. The van der Waals surface area contributed by atoms with E-state index in [0.29, 0.717) is 0 Å². The molecule has 76 valence electrons. The van der Waals surface area contributed by atoms with Crippen molar-refractivity contribution in [1.82, 2.24) is 9.78 Å². The summed E-state index contributed by atoms with van der Waals surface area (Å²) >= 11 is 0. The Morgan fingerprint density at radius 2 is 2.07 bits per heavy atom. The summed E-state index contributed by atoms with van der Waals surface area (Å²) in [5.41, 5.74) is 5.48. The second kappa shape index (κ2) is 3.77. The average molecular weight is 199 g/mol. The van der Waals surface area contributed by atoms with Gasteiger partial charge in [0.25, 0.3) is 0 Å². The molecule has 0 aliphatic carbocycles. The first-order chi connectivity index (χ1) is 6.61. The van der Waals surface area contributed by atoms with Crippen LogP contribution in [0.3, 0.4) is 0 Å². The van der Waals surface area contributed by atoms with Crippen molar-refractivity contribution in [3.8, 4) is 0 Å². The normalized spacial score (nSPS) is 9.57. The zero-order valence-corrected chi connectivity index (χ0v) is 7.68. The monoisotopic (exact) mass is 199 g/mol. The van der Waals surface area contributed by atoms with Crippen LogP contribution in [-0.2, 0) is 9.47 Å². The van der Waals surface area contributed by atoms with Gasteiger partial charge in [-0.3, -0.25) is 0 Å². The predicted molar refractivity (Wildman–Crippen MR) is 45.8 cm³/mol. The van der Waals surface area contributed by atoms with E-state index in [1.54, 1.807) is 0 Å². The largest absolute Gasteiger partial charge is 0.465 e. The van der Waals surface area contributed by atoms with Crippen LogP contribution < -0.4 is 5.73 Å². The molecule has 1 heterocycles. The van der Waals surface area contributed by atoms with Gasteiger partial charge >= 0.3 is 12.1 Å². The van der Waals surface area contributed by atoms with Crippen LogP contribution in [0.25, 0.3) is 0 Å². The molecule has 7 heteroatoms. The quantitative estimate of drug-likeness (QED) is 0.632. The molecule has 0 saturated heterocycles. The van der Waals surface area contributed by atoms with Crippen molar-refractivity contribution in [2.75, 3.05) is 20.0 Å². The number of hydrogen-bond acceptors (Lipinski definition) is 6. The van der Waals surface area contributed by atoms with Gasteiger partial charge in [0, 0.05) is 0 Å². The Hall–Kier alpha value is -2.05. The van der Waals surface area contributed by atoms with Crippen molar-refractivity contribution in [3.63, 3.8) is 0 Å². The van der Waals surface area contributed by atoms with E-state index in [1.807, 2.05) is 0 Å². The number of nitrogens with zero attached hydrogens (tertiary/aromatic N) is 2. The smallest absolute Gasteiger partial charge is 0.436 e. The van der Waals surface area contributed by atoms with Gasteiger partial charge in [0.2, 0.25) is 0 Å². The molecule has 7 nitrogen and oxygen atoms in total. The molecule has 0 saturated carbocycles. The predicted octanol–water partition coefficient (Wildman–Crippen LogP) is -0.134. The fraction of sp³-hybridized carbons (Fsp3) is 0.286. The van der Waals surface area contributed by atoms with Gasteiger partial charge in [-0.25, -0.2) is 9.59 Å². The van der Waals surface area contributed by atoms with Crippen LogP contribution in [0.1, 0.15) is 10.4 Å². The van der Waals surface area contributed by atoms with Crippen LogP contribution in [0.5, 0.6) is 0 Å². The summed E-state index contributed by atoms with van der Waals surface area (Å²) in [5, 5.41) is 3.57. The lowest BCUT2D eigenvalue weighted by Gasteiger charge is -2.00. The third-order valence-electron chi connectivity index (χ3n) is 1.56. The number of methoxy groups -OCH3 is 2. The summed E-state index contributed by atoms with van der Waals surface area (Å²) in [6.07, 6.45) is 0.371. The zero-order chi connectivity index (χ0) is 10.7. The van der Waals surface area contributed by atoms with Crippen molar-refractivity contribution in [3.05, 3.63) is 11.8 Å². The third-order valence-corrected chi connectivity index (χ3v) is 1.56. The number of hydrogen-bond donors (Lipinski definition) is 1. The number of anilines is 1. The Bertz CT molecular complexity index is 338. The minimum Gasteiger partial charge on any atom is -0.465 e. The van der Waals surface area contributed by atoms with Gasteiger partial charge in [-0.15, -0.1) is 4.68 Å². The molecule has 1 aromatic rings. The number of ether oxygens (including phenoxy) is 2. The van der Waals surface area contributed by atoms with E-state index in [1.165, 1.54) is 14.2 Å². The lowest BCUT2D eigenvalue weighted by atomic mass is 10.3. The molecule has 0 aromatic carbocycles. The van der Waals surface area contributed by atoms with Crippen molar-refractivity contribution >= 4 is 17.9 Å². The number of rotatable bonds is 1. The number of nitrogen functional groups attached to an aromatic ring is 1. The number of carbonyl (C=O) groups is 2. The van der Waals surface area contributed by atoms with Crippen molar-refractivity contribution in [1.29, 1.82) is 0 Å². The lowest BCUT2D eigenvalue weighted by Crippen LogP contribution is -2.16. The van der Waals surface area contributed by atoms with E-state index in [-0.39, 0.29) is 11.4 Å². The second-order valence-corrected chi connectivity index (χ2v) is 2.32. The average Bonchev–Trinajstić information content (AvgIpc) is 2.58. The van der Waals surface area contributed by atoms with Gasteiger partial charge < -0.3 is 15.2 Å². The molecule has 0 spiro atoms. The summed E-state index contributed by atoms with van der Waals surface area (Å²) in [4.78, 5) is 22.1. The maximum absolute atomic E-state index is 11.1. The second-order valence-electron chi connectivity index (χ2n) is 2.32. The molecular weight excluding hydrogens is 190 g/mol. The van der Waals surface area contributed by atoms with E-state index in [4.69, 9.17) is 5.73 Å². The van der Waals surface area contributed by atoms with Crippen LogP contribution in [0.2, 0.25) is 0 Å². The molecule has 0 aliphatic rings. The first-order valence-corrected chi connectivity index (χ1v) is 3.62. The molecule has 0 unspecified atom stereocenters. The van der Waals surface area contributed by atoms with E-state index in [0.717, 1.165) is 10.9 Å². The summed E-state index contributed by atoms with van der Waals surface area (Å²) in [6.45, 7) is 0. The summed E-state index contributed by atoms with van der Waals surface area (Å²) in [6, 6.07) is 0. The molecule has 14 heavy (non-hydrogen) atoms. The molecule has 2 N–H and O–H groups in total. The third kappa shape index (κ3) is 1.51. The summed E-state index contributed by atoms with van der Waals surface area (Å²) < 4.78 is 9.56. The van der Waals surface area contributed by atoms with Crippen LogP contribution in [-0.4, -0.2) is 36.1 Å². The highest BCUT2D eigenvalue weighted by atomic mass is 16.5.